The maximum absolute atomic E-state index is 10.8. The lowest BCUT2D eigenvalue weighted by Crippen LogP contribution is -2.24. The van der Waals surface area contributed by atoms with Crippen molar-refractivity contribution in [3.8, 4) is 11.1 Å². The third-order valence-corrected chi connectivity index (χ3v) is 1.94. The summed E-state index contributed by atoms with van der Waals surface area (Å²) >= 11 is 0. The molecule has 0 spiro atoms. The van der Waals surface area contributed by atoms with Crippen molar-refractivity contribution in [2.45, 2.75) is 0 Å². The lowest BCUT2D eigenvalue weighted by Gasteiger charge is -2.00. The zero-order valence-electron chi connectivity index (χ0n) is 7.83. The van der Waals surface area contributed by atoms with Crippen molar-refractivity contribution < 1.29 is 14.9 Å². The number of nitrogens with zero attached hydrogens (tertiary/aromatic N) is 2. The van der Waals surface area contributed by atoms with E-state index in [2.05, 4.69) is 0 Å². The lowest BCUT2D eigenvalue weighted by molar-refractivity contribution is -0.605. The first-order chi connectivity index (χ1) is 6.75. The average molecular weight is 206 g/mol. The summed E-state index contributed by atoms with van der Waals surface area (Å²) in [5.41, 5.74) is 1.83. The standard InChI is InChI=1S/C10H8N2O2.H2O/c13-11-5-1-9(2-6-11)10-3-7-12(14)8-4-10;/h1-8H;1H2. The zero-order valence-corrected chi connectivity index (χ0v) is 7.83. The normalized spacial score (nSPS) is 9.33. The summed E-state index contributed by atoms with van der Waals surface area (Å²) in [5.74, 6) is 0. The van der Waals surface area contributed by atoms with Crippen LogP contribution in [0, 0.1) is 10.4 Å². The van der Waals surface area contributed by atoms with Crippen LogP contribution < -0.4 is 9.46 Å². The van der Waals surface area contributed by atoms with Crippen LogP contribution in [0.1, 0.15) is 0 Å². The van der Waals surface area contributed by atoms with Gasteiger partial charge in [-0.15, -0.1) is 0 Å². The maximum atomic E-state index is 10.8. The van der Waals surface area contributed by atoms with Gasteiger partial charge in [-0.25, -0.2) is 0 Å². The fourth-order valence-corrected chi connectivity index (χ4v) is 1.21. The van der Waals surface area contributed by atoms with Gasteiger partial charge in [-0.2, -0.15) is 9.46 Å². The molecule has 5 heteroatoms. The topological polar surface area (TPSA) is 85.4 Å². The van der Waals surface area contributed by atoms with Crippen LogP contribution in [0.25, 0.3) is 11.1 Å². The quantitative estimate of drug-likeness (QED) is 0.477. The second-order valence-electron chi connectivity index (χ2n) is 2.89. The smallest absolute Gasteiger partial charge is 0.180 e. The number of aromatic nitrogens is 2. The highest BCUT2D eigenvalue weighted by atomic mass is 16.5. The summed E-state index contributed by atoms with van der Waals surface area (Å²) in [6.07, 6.45) is 5.70. The average Bonchev–Trinajstić information content (AvgIpc) is 2.21. The summed E-state index contributed by atoms with van der Waals surface area (Å²) in [6.45, 7) is 0. The predicted octanol–water partition coefficient (Wildman–Crippen LogP) is -0.204. The van der Waals surface area contributed by atoms with Gasteiger partial charge >= 0.3 is 0 Å². The Kier molecular flexibility index (Phi) is 3.20. The van der Waals surface area contributed by atoms with E-state index in [0.717, 1.165) is 20.6 Å². The van der Waals surface area contributed by atoms with Gasteiger partial charge in [-0.3, -0.25) is 0 Å². The van der Waals surface area contributed by atoms with Crippen molar-refractivity contribution in [3.63, 3.8) is 0 Å². The first-order valence-corrected chi connectivity index (χ1v) is 4.14. The highest BCUT2D eigenvalue weighted by Crippen LogP contribution is 2.15. The minimum absolute atomic E-state index is 0. The molecule has 0 amide bonds. The first kappa shape index (κ1) is 10.9. The highest BCUT2D eigenvalue weighted by molar-refractivity contribution is 5.60. The summed E-state index contributed by atoms with van der Waals surface area (Å²) in [6, 6.07) is 6.82. The Morgan fingerprint density at radius 2 is 0.933 bits per heavy atom. The van der Waals surface area contributed by atoms with Gasteiger partial charge in [0.2, 0.25) is 0 Å². The van der Waals surface area contributed by atoms with Crippen LogP contribution in [0.2, 0.25) is 0 Å². The van der Waals surface area contributed by atoms with Crippen LogP contribution in [-0.2, 0) is 0 Å². The van der Waals surface area contributed by atoms with E-state index < -0.39 is 0 Å². The van der Waals surface area contributed by atoms with Gasteiger partial charge < -0.3 is 15.9 Å². The molecule has 0 radical (unpaired) electrons. The van der Waals surface area contributed by atoms with E-state index in [1.807, 2.05) is 0 Å². The van der Waals surface area contributed by atoms with Crippen LogP contribution in [0.4, 0.5) is 0 Å². The van der Waals surface area contributed by atoms with E-state index in [1.165, 1.54) is 24.8 Å². The first-order valence-electron chi connectivity index (χ1n) is 4.14. The summed E-state index contributed by atoms with van der Waals surface area (Å²) < 4.78 is 1.44. The Bertz CT molecular complexity index is 382. The van der Waals surface area contributed by atoms with Crippen molar-refractivity contribution in [2.24, 2.45) is 0 Å². The van der Waals surface area contributed by atoms with Crippen molar-refractivity contribution in [2.75, 3.05) is 0 Å². The number of hydrogen-bond acceptors (Lipinski definition) is 2. The molecule has 0 aliphatic carbocycles. The van der Waals surface area contributed by atoms with E-state index in [0.29, 0.717) is 0 Å². The molecule has 0 aromatic carbocycles. The van der Waals surface area contributed by atoms with Gasteiger partial charge in [0.25, 0.3) is 0 Å². The van der Waals surface area contributed by atoms with Crippen molar-refractivity contribution in [3.05, 3.63) is 59.5 Å². The summed E-state index contributed by atoms with van der Waals surface area (Å²) in [7, 11) is 0. The predicted molar refractivity (Wildman–Crippen MR) is 53.4 cm³/mol. The Hall–Kier alpha value is -2.14. The van der Waals surface area contributed by atoms with E-state index in [1.54, 1.807) is 24.3 Å². The maximum Gasteiger partial charge on any atom is 0.180 e. The van der Waals surface area contributed by atoms with E-state index in [9.17, 15) is 10.4 Å². The molecule has 0 bridgehead atoms. The van der Waals surface area contributed by atoms with Crippen molar-refractivity contribution in [1.82, 2.24) is 0 Å². The van der Waals surface area contributed by atoms with E-state index in [4.69, 9.17) is 0 Å². The van der Waals surface area contributed by atoms with Crippen LogP contribution in [0.3, 0.4) is 0 Å². The second-order valence-corrected chi connectivity index (χ2v) is 2.89. The molecule has 2 rings (SSSR count). The molecular weight excluding hydrogens is 196 g/mol. The van der Waals surface area contributed by atoms with Gasteiger partial charge in [0.15, 0.2) is 24.8 Å². The molecule has 15 heavy (non-hydrogen) atoms. The number of hydrogen-bond donors (Lipinski definition) is 0. The van der Waals surface area contributed by atoms with Crippen LogP contribution in [-0.4, -0.2) is 5.48 Å². The minimum atomic E-state index is 0. The van der Waals surface area contributed by atoms with Crippen molar-refractivity contribution in [1.29, 1.82) is 0 Å². The largest absolute Gasteiger partial charge is 0.619 e. The number of rotatable bonds is 1. The van der Waals surface area contributed by atoms with Gasteiger partial charge in [0, 0.05) is 24.3 Å². The minimum Gasteiger partial charge on any atom is -0.619 e. The molecule has 0 unspecified atom stereocenters. The van der Waals surface area contributed by atoms with Crippen LogP contribution >= 0.6 is 0 Å². The molecule has 0 fully saturated rings. The fourth-order valence-electron chi connectivity index (χ4n) is 1.21. The molecule has 0 saturated carbocycles. The molecule has 0 atom stereocenters. The molecule has 78 valence electrons. The Morgan fingerprint density at radius 3 is 1.20 bits per heavy atom. The lowest BCUT2D eigenvalue weighted by atomic mass is 10.1. The van der Waals surface area contributed by atoms with E-state index in [-0.39, 0.29) is 5.48 Å². The Morgan fingerprint density at radius 1 is 0.667 bits per heavy atom. The van der Waals surface area contributed by atoms with Crippen LogP contribution in [0.15, 0.2) is 49.1 Å². The summed E-state index contributed by atoms with van der Waals surface area (Å²) in [4.78, 5) is 0. The van der Waals surface area contributed by atoms with Gasteiger partial charge in [0.1, 0.15) is 0 Å². The molecule has 2 heterocycles. The van der Waals surface area contributed by atoms with E-state index >= 15 is 0 Å². The fraction of sp³-hybridized carbons (Fsp3) is 0. The van der Waals surface area contributed by atoms with Crippen molar-refractivity contribution >= 4 is 0 Å². The molecule has 2 aromatic rings. The Labute approximate surface area is 86.3 Å². The van der Waals surface area contributed by atoms with Gasteiger partial charge in [0.05, 0.1) is 0 Å². The Balaban J connectivity index is 0.00000112. The third-order valence-electron chi connectivity index (χ3n) is 1.94. The highest BCUT2D eigenvalue weighted by Gasteiger charge is 1.99. The molecular formula is C10H10N2O3. The molecule has 5 nitrogen and oxygen atoms in total. The SMILES string of the molecule is O.[O-][n+]1ccc(-c2cc[n+]([O-])cc2)cc1. The van der Waals surface area contributed by atoms with Crippen LogP contribution in [0.5, 0.6) is 0 Å². The third kappa shape index (κ3) is 2.41. The molecule has 0 saturated heterocycles. The number of pyridine rings is 2. The zero-order chi connectivity index (χ0) is 9.97. The van der Waals surface area contributed by atoms with Gasteiger partial charge in [-0.1, -0.05) is 0 Å². The second kappa shape index (κ2) is 4.39. The van der Waals surface area contributed by atoms with Gasteiger partial charge in [-0.05, 0) is 11.1 Å². The molecule has 2 aromatic heterocycles. The molecule has 0 aliphatic rings. The molecule has 0 aliphatic heterocycles. The summed E-state index contributed by atoms with van der Waals surface area (Å²) in [5, 5.41) is 21.5. The molecule has 2 N–H and O–H groups in total. The monoisotopic (exact) mass is 206 g/mol.